The number of piperidine rings is 1. The number of rotatable bonds is 6. The summed E-state index contributed by atoms with van der Waals surface area (Å²) in [4.78, 5) is 2.60. The number of ether oxygens (including phenoxy) is 1. The van der Waals surface area contributed by atoms with E-state index in [0.717, 1.165) is 29.2 Å². The zero-order valence-corrected chi connectivity index (χ0v) is 13.4. The first kappa shape index (κ1) is 14.9. The Morgan fingerprint density at radius 2 is 2.26 bits per heavy atom. The van der Waals surface area contributed by atoms with E-state index in [1.165, 1.54) is 38.9 Å². The monoisotopic (exact) mass is 325 g/mol. The number of hydrogen-bond acceptors (Lipinski definition) is 2. The third kappa shape index (κ3) is 5.53. The van der Waals surface area contributed by atoms with E-state index in [4.69, 9.17) is 4.74 Å². The minimum Gasteiger partial charge on any atom is -0.494 e. The molecular formula is C16H24BrNO. The van der Waals surface area contributed by atoms with Crippen LogP contribution in [-0.4, -0.2) is 31.1 Å². The van der Waals surface area contributed by atoms with Crippen molar-refractivity contribution in [2.24, 2.45) is 5.92 Å². The van der Waals surface area contributed by atoms with Gasteiger partial charge in [0.15, 0.2) is 0 Å². The number of halogens is 1. The molecule has 1 aromatic carbocycles. The summed E-state index contributed by atoms with van der Waals surface area (Å²) < 4.78 is 6.83. The molecule has 0 spiro atoms. The molecule has 0 saturated carbocycles. The van der Waals surface area contributed by atoms with Crippen LogP contribution in [0.1, 0.15) is 32.6 Å². The van der Waals surface area contributed by atoms with Crippen LogP contribution in [0.2, 0.25) is 0 Å². The summed E-state index contributed by atoms with van der Waals surface area (Å²) in [5, 5.41) is 0. The van der Waals surface area contributed by atoms with Gasteiger partial charge in [0.1, 0.15) is 5.75 Å². The van der Waals surface area contributed by atoms with Gasteiger partial charge in [0.2, 0.25) is 0 Å². The van der Waals surface area contributed by atoms with E-state index in [0.29, 0.717) is 0 Å². The molecule has 0 unspecified atom stereocenters. The zero-order valence-electron chi connectivity index (χ0n) is 11.8. The van der Waals surface area contributed by atoms with Gasteiger partial charge >= 0.3 is 0 Å². The van der Waals surface area contributed by atoms with E-state index in [9.17, 15) is 0 Å². The zero-order chi connectivity index (χ0) is 13.5. The van der Waals surface area contributed by atoms with Gasteiger partial charge in [0.25, 0.3) is 0 Å². The average molecular weight is 326 g/mol. The largest absolute Gasteiger partial charge is 0.494 e. The second-order valence-corrected chi connectivity index (χ2v) is 6.48. The first-order valence-electron chi connectivity index (χ1n) is 7.35. The average Bonchev–Trinajstić information content (AvgIpc) is 2.38. The molecule has 1 heterocycles. The van der Waals surface area contributed by atoms with Crippen LogP contribution in [0, 0.1) is 5.92 Å². The van der Waals surface area contributed by atoms with Gasteiger partial charge in [-0.1, -0.05) is 28.9 Å². The van der Waals surface area contributed by atoms with E-state index in [-0.39, 0.29) is 0 Å². The molecule has 0 amide bonds. The molecule has 0 radical (unpaired) electrons. The molecule has 2 nitrogen and oxygen atoms in total. The molecule has 0 N–H and O–H groups in total. The minimum atomic E-state index is 0.819. The molecule has 1 atom stereocenters. The van der Waals surface area contributed by atoms with E-state index in [1.54, 1.807) is 0 Å². The maximum absolute atomic E-state index is 5.75. The van der Waals surface area contributed by atoms with Crippen LogP contribution in [0.4, 0.5) is 0 Å². The number of unbranched alkanes of at least 4 members (excludes halogenated alkanes) is 1. The first-order valence-corrected chi connectivity index (χ1v) is 8.14. The van der Waals surface area contributed by atoms with Crippen LogP contribution in [0.3, 0.4) is 0 Å². The lowest BCUT2D eigenvalue weighted by Crippen LogP contribution is -2.35. The van der Waals surface area contributed by atoms with Crippen LogP contribution in [0.5, 0.6) is 5.75 Å². The Labute approximate surface area is 125 Å². The lowest BCUT2D eigenvalue weighted by Gasteiger charge is -2.30. The molecule has 106 valence electrons. The second-order valence-electron chi connectivity index (χ2n) is 5.56. The molecule has 1 aliphatic heterocycles. The maximum Gasteiger partial charge on any atom is 0.120 e. The van der Waals surface area contributed by atoms with E-state index in [2.05, 4.69) is 27.8 Å². The van der Waals surface area contributed by atoms with Gasteiger partial charge in [-0.3, -0.25) is 0 Å². The number of nitrogens with zero attached hydrogens (tertiary/aromatic N) is 1. The lowest BCUT2D eigenvalue weighted by molar-refractivity contribution is 0.177. The van der Waals surface area contributed by atoms with Gasteiger partial charge in [-0.25, -0.2) is 0 Å². The molecule has 1 aromatic rings. The van der Waals surface area contributed by atoms with Crippen LogP contribution >= 0.6 is 15.9 Å². The molecular weight excluding hydrogens is 302 g/mol. The molecule has 2 rings (SSSR count). The topological polar surface area (TPSA) is 12.5 Å². The summed E-state index contributed by atoms with van der Waals surface area (Å²) in [5.41, 5.74) is 0. The third-order valence-corrected chi connectivity index (χ3v) is 4.17. The van der Waals surface area contributed by atoms with Crippen molar-refractivity contribution in [3.8, 4) is 5.75 Å². The Bertz CT molecular complexity index is 383. The maximum atomic E-state index is 5.75. The van der Waals surface area contributed by atoms with Crippen molar-refractivity contribution in [1.82, 2.24) is 4.90 Å². The minimum absolute atomic E-state index is 0.819. The van der Waals surface area contributed by atoms with Crippen molar-refractivity contribution < 1.29 is 4.74 Å². The third-order valence-electron chi connectivity index (χ3n) is 3.67. The van der Waals surface area contributed by atoms with E-state index >= 15 is 0 Å². The molecule has 0 bridgehead atoms. The first-order chi connectivity index (χ1) is 9.24. The van der Waals surface area contributed by atoms with Gasteiger partial charge in [0, 0.05) is 11.0 Å². The van der Waals surface area contributed by atoms with Gasteiger partial charge in [-0.15, -0.1) is 0 Å². The summed E-state index contributed by atoms with van der Waals surface area (Å²) in [7, 11) is 0. The van der Waals surface area contributed by atoms with Crippen molar-refractivity contribution in [1.29, 1.82) is 0 Å². The van der Waals surface area contributed by atoms with Crippen molar-refractivity contribution in [2.75, 3.05) is 26.2 Å². The number of hydrogen-bond donors (Lipinski definition) is 0. The van der Waals surface area contributed by atoms with Gasteiger partial charge in [-0.05, 0) is 62.9 Å². The summed E-state index contributed by atoms with van der Waals surface area (Å²) >= 11 is 3.46. The number of benzene rings is 1. The summed E-state index contributed by atoms with van der Waals surface area (Å²) in [6.45, 7) is 6.98. The number of likely N-dealkylation sites (tertiary alicyclic amines) is 1. The standard InChI is InChI=1S/C16H24BrNO/c1-14-6-5-10-18(13-14)9-2-3-11-19-16-8-4-7-15(17)12-16/h4,7-8,12,14H,2-3,5-6,9-11,13H2,1H3/t14-/m0/s1. The highest BCUT2D eigenvalue weighted by Crippen LogP contribution is 2.18. The summed E-state index contributed by atoms with van der Waals surface area (Å²) in [6, 6.07) is 8.06. The highest BCUT2D eigenvalue weighted by molar-refractivity contribution is 9.10. The Balaban J connectivity index is 1.57. The quantitative estimate of drug-likeness (QED) is 0.721. The highest BCUT2D eigenvalue weighted by Gasteiger charge is 2.15. The predicted molar refractivity (Wildman–Crippen MR) is 83.7 cm³/mol. The molecule has 1 fully saturated rings. The summed E-state index contributed by atoms with van der Waals surface area (Å²) in [6.07, 6.45) is 5.15. The Kier molecular flexibility index (Phi) is 6.18. The normalized spacial score (nSPS) is 20.4. The molecule has 0 aromatic heterocycles. The van der Waals surface area contributed by atoms with E-state index in [1.807, 2.05) is 24.3 Å². The molecule has 1 aliphatic rings. The van der Waals surface area contributed by atoms with Crippen molar-refractivity contribution in [2.45, 2.75) is 32.6 Å². The SMILES string of the molecule is C[C@H]1CCCN(CCCCOc2cccc(Br)c2)C1. The Morgan fingerprint density at radius 3 is 3.05 bits per heavy atom. The van der Waals surface area contributed by atoms with E-state index < -0.39 is 0 Å². The molecule has 3 heteroatoms. The van der Waals surface area contributed by atoms with Crippen LogP contribution in [0.15, 0.2) is 28.7 Å². The molecule has 0 aliphatic carbocycles. The predicted octanol–water partition coefficient (Wildman–Crippen LogP) is 4.34. The van der Waals surface area contributed by atoms with Crippen molar-refractivity contribution >= 4 is 15.9 Å². The fourth-order valence-electron chi connectivity index (χ4n) is 2.67. The van der Waals surface area contributed by atoms with Crippen LogP contribution < -0.4 is 4.74 Å². The molecule has 19 heavy (non-hydrogen) atoms. The lowest BCUT2D eigenvalue weighted by atomic mass is 10.0. The van der Waals surface area contributed by atoms with Crippen molar-refractivity contribution in [3.05, 3.63) is 28.7 Å². The van der Waals surface area contributed by atoms with Crippen LogP contribution in [-0.2, 0) is 0 Å². The van der Waals surface area contributed by atoms with Crippen LogP contribution in [0.25, 0.3) is 0 Å². The van der Waals surface area contributed by atoms with Gasteiger partial charge in [-0.2, -0.15) is 0 Å². The Morgan fingerprint density at radius 1 is 1.37 bits per heavy atom. The molecule has 1 saturated heterocycles. The van der Waals surface area contributed by atoms with Gasteiger partial charge < -0.3 is 9.64 Å². The fraction of sp³-hybridized carbons (Fsp3) is 0.625. The smallest absolute Gasteiger partial charge is 0.120 e. The Hall–Kier alpha value is -0.540. The second kappa shape index (κ2) is 7.91. The van der Waals surface area contributed by atoms with Gasteiger partial charge in [0.05, 0.1) is 6.61 Å². The van der Waals surface area contributed by atoms with Crippen molar-refractivity contribution in [3.63, 3.8) is 0 Å². The highest BCUT2D eigenvalue weighted by atomic mass is 79.9. The fourth-order valence-corrected chi connectivity index (χ4v) is 3.05. The summed E-state index contributed by atoms with van der Waals surface area (Å²) in [5.74, 6) is 1.84.